The molecule has 0 N–H and O–H groups in total. The highest BCUT2D eigenvalue weighted by atomic mass is 32.1. The van der Waals surface area contributed by atoms with E-state index in [2.05, 4.69) is 62.4 Å². The van der Waals surface area contributed by atoms with Crippen LogP contribution in [0.15, 0.2) is 59.4 Å². The van der Waals surface area contributed by atoms with E-state index in [1.165, 1.54) is 53.0 Å². The molecule has 0 spiro atoms. The van der Waals surface area contributed by atoms with Gasteiger partial charge in [-0.05, 0) is 102 Å². The summed E-state index contributed by atoms with van der Waals surface area (Å²) in [5.41, 5.74) is 4.30. The van der Waals surface area contributed by atoms with Crippen molar-refractivity contribution in [1.29, 1.82) is 0 Å². The fraction of sp³-hybridized carbons (Fsp3) is 0.300. The van der Waals surface area contributed by atoms with Crippen molar-refractivity contribution in [3.05, 3.63) is 81.5 Å². The van der Waals surface area contributed by atoms with Gasteiger partial charge in [0.1, 0.15) is 0 Å². The molecule has 0 amide bonds. The van der Waals surface area contributed by atoms with E-state index in [1.807, 2.05) is 13.0 Å². The molecule has 32 heavy (non-hydrogen) atoms. The predicted octanol–water partition coefficient (Wildman–Crippen LogP) is 8.71. The first-order valence-electron chi connectivity index (χ1n) is 11.9. The van der Waals surface area contributed by atoms with Gasteiger partial charge in [-0.1, -0.05) is 50.5 Å². The molecule has 1 nitrogen and oxygen atoms in total. The maximum absolute atomic E-state index is 13.3. The lowest BCUT2D eigenvalue weighted by atomic mass is 9.92. The molecule has 0 saturated carbocycles. The van der Waals surface area contributed by atoms with Gasteiger partial charge in [0.15, 0.2) is 5.43 Å². The molecule has 0 saturated heterocycles. The van der Waals surface area contributed by atoms with E-state index in [0.717, 1.165) is 44.0 Å². The Morgan fingerprint density at radius 1 is 0.656 bits per heavy atom. The molecular weight excluding hydrogens is 408 g/mol. The molecular formula is C30H30OS. The average Bonchev–Trinajstić information content (AvgIpc) is 2.79. The smallest absolute Gasteiger partial charge is 0.195 e. The first-order valence-corrected chi connectivity index (χ1v) is 12.8. The molecule has 5 aromatic rings. The summed E-state index contributed by atoms with van der Waals surface area (Å²) in [7, 11) is 0. The second-order valence-electron chi connectivity index (χ2n) is 9.15. The van der Waals surface area contributed by atoms with Crippen LogP contribution in [0.4, 0.5) is 0 Å². The molecule has 0 unspecified atom stereocenters. The molecule has 2 heteroatoms. The molecule has 0 atom stereocenters. The second-order valence-corrected chi connectivity index (χ2v) is 10.2. The standard InChI is InChI=1S/C30H30OS/c1-4-6-8-20-13-22-15-24-17-27-29(32-28-11-10-19(3)12-26(28)30(27)31)18-25(24)16-23(22)14-21(20)9-7-5-2/h10-18H,4-9H2,1-3H3. The fourth-order valence-electron chi connectivity index (χ4n) is 4.81. The van der Waals surface area contributed by atoms with Crippen molar-refractivity contribution in [1.82, 2.24) is 0 Å². The summed E-state index contributed by atoms with van der Waals surface area (Å²) in [6.45, 7) is 6.57. The zero-order chi connectivity index (χ0) is 22.2. The minimum absolute atomic E-state index is 0.151. The van der Waals surface area contributed by atoms with E-state index < -0.39 is 0 Å². The summed E-state index contributed by atoms with van der Waals surface area (Å²) in [5, 5.41) is 6.65. The fourth-order valence-corrected chi connectivity index (χ4v) is 5.89. The Morgan fingerprint density at radius 3 is 1.84 bits per heavy atom. The van der Waals surface area contributed by atoms with Crippen LogP contribution >= 0.6 is 11.3 Å². The molecule has 0 bridgehead atoms. The van der Waals surface area contributed by atoms with Crippen LogP contribution in [-0.4, -0.2) is 0 Å². The molecule has 1 heterocycles. The Morgan fingerprint density at radius 2 is 1.22 bits per heavy atom. The van der Waals surface area contributed by atoms with Gasteiger partial charge in [0.25, 0.3) is 0 Å². The third-order valence-corrected chi connectivity index (χ3v) is 7.79. The number of hydrogen-bond acceptors (Lipinski definition) is 2. The summed E-state index contributed by atoms with van der Waals surface area (Å²) in [6, 6.07) is 20.0. The third kappa shape index (κ3) is 3.82. The average molecular weight is 439 g/mol. The van der Waals surface area contributed by atoms with Crippen LogP contribution < -0.4 is 5.43 Å². The van der Waals surface area contributed by atoms with E-state index in [0.29, 0.717) is 0 Å². The summed E-state index contributed by atoms with van der Waals surface area (Å²) in [4.78, 5) is 13.3. The number of unbranched alkanes of at least 4 members (excludes halogenated alkanes) is 2. The summed E-state index contributed by atoms with van der Waals surface area (Å²) in [6.07, 6.45) is 7.23. The lowest BCUT2D eigenvalue weighted by Crippen LogP contribution is -2.01. The molecule has 0 aliphatic rings. The van der Waals surface area contributed by atoms with Gasteiger partial charge in [0, 0.05) is 20.2 Å². The van der Waals surface area contributed by atoms with Crippen molar-refractivity contribution in [2.75, 3.05) is 0 Å². The molecule has 1 aromatic heterocycles. The van der Waals surface area contributed by atoms with E-state index in [1.54, 1.807) is 11.3 Å². The van der Waals surface area contributed by atoms with Crippen molar-refractivity contribution in [2.24, 2.45) is 0 Å². The Bertz CT molecular complexity index is 1520. The van der Waals surface area contributed by atoms with Crippen molar-refractivity contribution < 1.29 is 0 Å². The Hall–Kier alpha value is -2.71. The van der Waals surface area contributed by atoms with E-state index in [4.69, 9.17) is 0 Å². The van der Waals surface area contributed by atoms with Gasteiger partial charge in [0.2, 0.25) is 0 Å². The highest BCUT2D eigenvalue weighted by molar-refractivity contribution is 7.24. The lowest BCUT2D eigenvalue weighted by molar-refractivity contribution is 0.759. The zero-order valence-electron chi connectivity index (χ0n) is 19.3. The second kappa shape index (κ2) is 8.67. The van der Waals surface area contributed by atoms with Crippen LogP contribution in [0.2, 0.25) is 0 Å². The Labute approximate surface area is 193 Å². The quantitative estimate of drug-likeness (QED) is 0.242. The Balaban J connectivity index is 1.74. The first kappa shape index (κ1) is 21.2. The molecule has 4 aromatic carbocycles. The minimum atomic E-state index is 0.151. The highest BCUT2D eigenvalue weighted by Gasteiger charge is 2.10. The van der Waals surface area contributed by atoms with Crippen molar-refractivity contribution in [2.45, 2.75) is 59.3 Å². The van der Waals surface area contributed by atoms with Gasteiger partial charge in [-0.25, -0.2) is 0 Å². The maximum Gasteiger partial charge on any atom is 0.195 e. The van der Waals surface area contributed by atoms with Gasteiger partial charge in [-0.2, -0.15) is 0 Å². The van der Waals surface area contributed by atoms with Gasteiger partial charge in [-0.15, -0.1) is 11.3 Å². The van der Waals surface area contributed by atoms with Crippen molar-refractivity contribution in [3.8, 4) is 0 Å². The van der Waals surface area contributed by atoms with E-state index in [9.17, 15) is 4.79 Å². The molecule has 5 rings (SSSR count). The SMILES string of the molecule is CCCCc1cc2cc3cc4sc5ccc(C)cc5c(=O)c4cc3cc2cc1CCCC. The molecule has 162 valence electrons. The number of rotatable bonds is 6. The molecule has 0 aliphatic heterocycles. The number of fused-ring (bicyclic) bond motifs is 4. The third-order valence-electron chi connectivity index (χ3n) is 6.66. The van der Waals surface area contributed by atoms with Gasteiger partial charge in [-0.3, -0.25) is 4.79 Å². The number of aryl methyl sites for hydroxylation is 3. The highest BCUT2D eigenvalue weighted by Crippen LogP contribution is 2.32. The molecule has 0 radical (unpaired) electrons. The predicted molar refractivity (Wildman–Crippen MR) is 143 cm³/mol. The molecule has 0 aliphatic carbocycles. The molecule has 0 fully saturated rings. The van der Waals surface area contributed by atoms with Crippen LogP contribution in [0.5, 0.6) is 0 Å². The minimum Gasteiger partial charge on any atom is -0.289 e. The van der Waals surface area contributed by atoms with Crippen LogP contribution in [0.3, 0.4) is 0 Å². The first-order chi connectivity index (χ1) is 15.6. The van der Waals surface area contributed by atoms with Crippen LogP contribution in [0.25, 0.3) is 41.7 Å². The van der Waals surface area contributed by atoms with Gasteiger partial charge >= 0.3 is 0 Å². The lowest BCUT2D eigenvalue weighted by Gasteiger charge is -2.13. The number of benzene rings is 4. The zero-order valence-corrected chi connectivity index (χ0v) is 20.1. The largest absolute Gasteiger partial charge is 0.289 e. The van der Waals surface area contributed by atoms with Crippen LogP contribution in [0.1, 0.15) is 56.2 Å². The van der Waals surface area contributed by atoms with Gasteiger partial charge in [0.05, 0.1) is 0 Å². The van der Waals surface area contributed by atoms with Crippen molar-refractivity contribution in [3.63, 3.8) is 0 Å². The van der Waals surface area contributed by atoms with Crippen LogP contribution in [0, 0.1) is 6.92 Å². The topological polar surface area (TPSA) is 17.1 Å². The summed E-state index contributed by atoms with van der Waals surface area (Å²) < 4.78 is 2.14. The van der Waals surface area contributed by atoms with Crippen LogP contribution in [-0.2, 0) is 12.8 Å². The monoisotopic (exact) mass is 438 g/mol. The van der Waals surface area contributed by atoms with Gasteiger partial charge < -0.3 is 0 Å². The number of hydrogen-bond donors (Lipinski definition) is 0. The summed E-state index contributed by atoms with van der Waals surface area (Å²) >= 11 is 1.72. The van der Waals surface area contributed by atoms with Crippen molar-refractivity contribution >= 4 is 53.1 Å². The maximum atomic E-state index is 13.3. The van der Waals surface area contributed by atoms with E-state index in [-0.39, 0.29) is 5.43 Å². The normalized spacial score (nSPS) is 11.8. The Kier molecular flexibility index (Phi) is 5.73. The van der Waals surface area contributed by atoms with E-state index >= 15 is 0 Å². The summed E-state index contributed by atoms with van der Waals surface area (Å²) in [5.74, 6) is 0.